The van der Waals surface area contributed by atoms with Crippen LogP contribution in [0.3, 0.4) is 0 Å². The van der Waals surface area contributed by atoms with Gasteiger partial charge in [-0.15, -0.1) is 0 Å². The second kappa shape index (κ2) is 11.0. The van der Waals surface area contributed by atoms with Crippen LogP contribution in [0.2, 0.25) is 0 Å². The highest BCUT2D eigenvalue weighted by Crippen LogP contribution is 2.44. The predicted molar refractivity (Wildman–Crippen MR) is 143 cm³/mol. The minimum atomic E-state index is -5.05. The minimum absolute atomic E-state index is 0.0315. The van der Waals surface area contributed by atoms with Gasteiger partial charge in [-0.1, -0.05) is 19.9 Å². The fraction of sp³-hybridized carbons (Fsp3) is 0.419. The lowest BCUT2D eigenvalue weighted by molar-refractivity contribution is -0.143. The van der Waals surface area contributed by atoms with Gasteiger partial charge in [-0.3, -0.25) is 9.88 Å². The molecular formula is C31H29F7N2O3. The number of methoxy groups -OCH3 is 1. The van der Waals surface area contributed by atoms with E-state index in [1.807, 2.05) is 26.0 Å². The quantitative estimate of drug-likeness (QED) is 0.251. The third-order valence-electron chi connectivity index (χ3n) is 7.87. The smallest absolute Gasteiger partial charge is 0.416 e. The maximum atomic E-state index is 14.8. The lowest BCUT2D eigenvalue weighted by Crippen LogP contribution is -2.32. The highest BCUT2D eigenvalue weighted by molar-refractivity contribution is 5.75. The van der Waals surface area contributed by atoms with Crippen molar-refractivity contribution in [2.45, 2.75) is 76.5 Å². The molecule has 5 nitrogen and oxygen atoms in total. The number of alkyl halides is 6. The van der Waals surface area contributed by atoms with Gasteiger partial charge in [0.05, 0.1) is 36.5 Å². The largest absolute Gasteiger partial charge is 0.496 e. The van der Waals surface area contributed by atoms with E-state index in [0.29, 0.717) is 34.5 Å². The van der Waals surface area contributed by atoms with Gasteiger partial charge in [-0.25, -0.2) is 9.18 Å². The van der Waals surface area contributed by atoms with Crippen LogP contribution in [0.5, 0.6) is 5.75 Å². The van der Waals surface area contributed by atoms with Crippen molar-refractivity contribution in [3.05, 3.63) is 81.9 Å². The Labute approximate surface area is 243 Å². The summed E-state index contributed by atoms with van der Waals surface area (Å²) in [6, 6.07) is 6.82. The summed E-state index contributed by atoms with van der Waals surface area (Å²) in [5, 5.41) is 0. The number of amides is 1. The highest BCUT2D eigenvalue weighted by Gasteiger charge is 2.43. The molecule has 5 rings (SSSR count). The normalized spacial score (nSPS) is 19.3. The Morgan fingerprint density at radius 2 is 1.60 bits per heavy atom. The van der Waals surface area contributed by atoms with E-state index in [-0.39, 0.29) is 30.2 Å². The number of nitrogens with zero attached hydrogens (tertiary/aromatic N) is 2. The fourth-order valence-corrected chi connectivity index (χ4v) is 5.35. The second-order valence-electron chi connectivity index (χ2n) is 11.2. The number of hydrogen-bond donors (Lipinski definition) is 0. The van der Waals surface area contributed by atoms with E-state index in [0.717, 1.165) is 18.5 Å². The summed E-state index contributed by atoms with van der Waals surface area (Å²) < 4.78 is 107. The SMILES string of the molecule is COc1cc(F)c(C(C)C)cc1-c1ccc(C2CC2)nc1CN1C(=O)O[C@H](c2cc(C(F)(F)F)cc(C(F)(F)F)c2)[C@@H]1C. The molecular weight excluding hydrogens is 581 g/mol. The predicted octanol–water partition coefficient (Wildman–Crippen LogP) is 9.02. The number of ether oxygens (including phenoxy) is 2. The third-order valence-corrected chi connectivity index (χ3v) is 7.87. The van der Waals surface area contributed by atoms with Gasteiger partial charge in [0.2, 0.25) is 0 Å². The summed E-state index contributed by atoms with van der Waals surface area (Å²) in [5.41, 5.74) is -0.706. The number of carbonyl (C=O) groups excluding carboxylic acids is 1. The Morgan fingerprint density at radius 1 is 0.977 bits per heavy atom. The Hall–Kier alpha value is -3.83. The topological polar surface area (TPSA) is 51.7 Å². The van der Waals surface area contributed by atoms with Gasteiger partial charge >= 0.3 is 18.4 Å². The molecule has 0 unspecified atom stereocenters. The molecule has 1 saturated carbocycles. The molecule has 1 aliphatic heterocycles. The van der Waals surface area contributed by atoms with Crippen LogP contribution in [0.1, 0.15) is 85.2 Å². The van der Waals surface area contributed by atoms with Crippen molar-refractivity contribution in [1.29, 1.82) is 0 Å². The van der Waals surface area contributed by atoms with Crippen LogP contribution >= 0.6 is 0 Å². The lowest BCUT2D eigenvalue weighted by Gasteiger charge is -2.24. The van der Waals surface area contributed by atoms with E-state index >= 15 is 0 Å². The van der Waals surface area contributed by atoms with Crippen molar-refractivity contribution in [3.63, 3.8) is 0 Å². The minimum Gasteiger partial charge on any atom is -0.496 e. The number of rotatable bonds is 7. The molecule has 43 heavy (non-hydrogen) atoms. The molecule has 0 spiro atoms. The lowest BCUT2D eigenvalue weighted by atomic mass is 9.94. The summed E-state index contributed by atoms with van der Waals surface area (Å²) in [5.74, 6) is -0.132. The van der Waals surface area contributed by atoms with E-state index in [1.165, 1.54) is 25.0 Å². The van der Waals surface area contributed by atoms with Gasteiger partial charge in [-0.05, 0) is 67.1 Å². The Morgan fingerprint density at radius 3 is 2.14 bits per heavy atom. The summed E-state index contributed by atoms with van der Waals surface area (Å²) >= 11 is 0. The Bertz CT molecular complexity index is 1520. The molecule has 230 valence electrons. The van der Waals surface area contributed by atoms with E-state index in [9.17, 15) is 35.5 Å². The van der Waals surface area contributed by atoms with E-state index in [4.69, 9.17) is 14.5 Å². The van der Waals surface area contributed by atoms with Crippen molar-refractivity contribution in [3.8, 4) is 16.9 Å². The van der Waals surface area contributed by atoms with Crippen LogP contribution in [0.4, 0.5) is 35.5 Å². The average Bonchev–Trinajstić information content (AvgIpc) is 3.74. The van der Waals surface area contributed by atoms with Crippen LogP contribution in [0.25, 0.3) is 11.1 Å². The van der Waals surface area contributed by atoms with Gasteiger partial charge in [-0.2, -0.15) is 26.3 Å². The molecule has 1 aromatic heterocycles. The van der Waals surface area contributed by atoms with Gasteiger partial charge in [0, 0.05) is 28.8 Å². The summed E-state index contributed by atoms with van der Waals surface area (Å²) in [7, 11) is 1.40. The molecule has 2 atom stereocenters. The molecule has 12 heteroatoms. The number of halogens is 7. The monoisotopic (exact) mass is 610 g/mol. The van der Waals surface area contributed by atoms with Crippen molar-refractivity contribution in [1.82, 2.24) is 9.88 Å². The molecule has 0 radical (unpaired) electrons. The molecule has 3 aromatic rings. The van der Waals surface area contributed by atoms with Gasteiger partial charge in [0.15, 0.2) is 0 Å². The van der Waals surface area contributed by atoms with E-state index in [2.05, 4.69) is 0 Å². The van der Waals surface area contributed by atoms with Gasteiger partial charge in [0.1, 0.15) is 17.7 Å². The summed E-state index contributed by atoms with van der Waals surface area (Å²) in [6.45, 7) is 5.01. The van der Waals surface area contributed by atoms with Crippen molar-refractivity contribution in [2.24, 2.45) is 0 Å². The average molecular weight is 611 g/mol. The number of benzene rings is 2. The number of pyridine rings is 1. The van der Waals surface area contributed by atoms with Crippen LogP contribution in [0.15, 0.2) is 42.5 Å². The second-order valence-corrected chi connectivity index (χ2v) is 11.2. The molecule has 2 fully saturated rings. The van der Waals surface area contributed by atoms with Crippen molar-refractivity contribution < 1.29 is 45.0 Å². The molecule has 1 aliphatic carbocycles. The zero-order valence-corrected chi connectivity index (χ0v) is 23.7. The third kappa shape index (κ3) is 6.14. The first-order chi connectivity index (χ1) is 20.1. The molecule has 1 saturated heterocycles. The first kappa shape index (κ1) is 30.6. The molecule has 0 bridgehead atoms. The highest BCUT2D eigenvalue weighted by atomic mass is 19.4. The van der Waals surface area contributed by atoms with E-state index in [1.54, 1.807) is 6.07 Å². The fourth-order valence-electron chi connectivity index (χ4n) is 5.35. The summed E-state index contributed by atoms with van der Waals surface area (Å²) in [4.78, 5) is 19.1. The van der Waals surface area contributed by atoms with Gasteiger partial charge in [0.25, 0.3) is 0 Å². The van der Waals surface area contributed by atoms with Crippen LogP contribution in [0, 0.1) is 5.82 Å². The molecule has 2 aliphatic rings. The molecule has 0 N–H and O–H groups in total. The molecule has 1 amide bonds. The van der Waals surface area contributed by atoms with Crippen molar-refractivity contribution >= 4 is 6.09 Å². The number of aromatic nitrogens is 1. The standard InChI is InChI=1S/C31H29F7N2O3/c1-15(2)22-12-23(27(42-4)13-24(22)32)21-7-8-25(17-5-6-17)39-26(21)14-40-16(3)28(43-29(40)41)18-9-19(30(33,34)35)11-20(10-18)31(36,37)38/h7-13,15-17,28H,5-6,14H2,1-4H3/t16-,28-/m0/s1. The maximum absolute atomic E-state index is 14.8. The molecule has 2 heterocycles. The Kier molecular flexibility index (Phi) is 7.85. The van der Waals surface area contributed by atoms with Crippen molar-refractivity contribution in [2.75, 3.05) is 7.11 Å². The maximum Gasteiger partial charge on any atom is 0.416 e. The number of cyclic esters (lactones) is 1. The zero-order valence-electron chi connectivity index (χ0n) is 23.7. The zero-order chi connectivity index (χ0) is 31.4. The van der Waals surface area contributed by atoms with Crippen LogP contribution in [-0.4, -0.2) is 29.1 Å². The van der Waals surface area contributed by atoms with Gasteiger partial charge < -0.3 is 9.47 Å². The Balaban J connectivity index is 1.55. The first-order valence-electron chi connectivity index (χ1n) is 13.7. The first-order valence-corrected chi connectivity index (χ1v) is 13.7. The number of carbonyl (C=O) groups is 1. The van der Waals surface area contributed by atoms with Crippen LogP contribution < -0.4 is 4.74 Å². The van der Waals surface area contributed by atoms with E-state index < -0.39 is 53.1 Å². The van der Waals surface area contributed by atoms with Crippen LogP contribution in [-0.2, 0) is 23.6 Å². The molecule has 2 aromatic carbocycles. The number of hydrogen-bond acceptors (Lipinski definition) is 4. The summed E-state index contributed by atoms with van der Waals surface area (Å²) in [6.07, 6.45) is -10.5.